The van der Waals surface area contributed by atoms with Crippen LogP contribution in [0.2, 0.25) is 0 Å². The predicted molar refractivity (Wildman–Crippen MR) is 94.0 cm³/mol. The Balaban J connectivity index is 2.59. The van der Waals surface area contributed by atoms with E-state index in [4.69, 9.17) is 10.8 Å². The van der Waals surface area contributed by atoms with Gasteiger partial charge in [-0.25, -0.2) is 0 Å². The molecule has 1 heterocycles. The number of nitrogens with two attached hydrogens (primary N) is 1. The molecular formula is C15H26N4O5S. The maximum Gasteiger partial charge on any atom is 0.322 e. The van der Waals surface area contributed by atoms with Crippen molar-refractivity contribution < 1.29 is 24.3 Å². The van der Waals surface area contributed by atoms with Crippen LogP contribution in [0.15, 0.2) is 0 Å². The van der Waals surface area contributed by atoms with E-state index in [1.807, 2.05) is 6.26 Å². The zero-order valence-electron chi connectivity index (χ0n) is 14.5. The van der Waals surface area contributed by atoms with Crippen molar-refractivity contribution in [2.24, 2.45) is 5.73 Å². The molecule has 1 saturated heterocycles. The smallest absolute Gasteiger partial charge is 0.322 e. The molecule has 10 heteroatoms. The Hall–Kier alpha value is -1.81. The van der Waals surface area contributed by atoms with Crippen LogP contribution in [0.4, 0.5) is 0 Å². The van der Waals surface area contributed by atoms with Gasteiger partial charge in [-0.3, -0.25) is 19.2 Å². The summed E-state index contributed by atoms with van der Waals surface area (Å²) in [5.41, 5.74) is 5.78. The number of carbonyl (C=O) groups excluding carboxylic acids is 3. The number of amides is 3. The standard InChI is InChI=1S/C15H26N4O5S/c1-9(18-13(22)10(16)5-7-25-2)15(24)19-6-3-4-11(19)14(23)17-8-12(20)21/h9-11H,3-8,16H2,1-2H3,(H,17,23)(H,18,22)(H,20,21). The van der Waals surface area contributed by atoms with E-state index in [9.17, 15) is 19.2 Å². The second-order valence-corrected chi connectivity index (χ2v) is 6.91. The quantitative estimate of drug-likeness (QED) is 0.395. The molecule has 0 saturated carbocycles. The number of carboxylic acid groups (broad SMARTS) is 1. The number of nitrogens with one attached hydrogen (secondary N) is 2. The molecule has 1 fully saturated rings. The van der Waals surface area contributed by atoms with Gasteiger partial charge in [-0.05, 0) is 38.2 Å². The van der Waals surface area contributed by atoms with Gasteiger partial charge in [0.25, 0.3) is 0 Å². The van der Waals surface area contributed by atoms with Crippen molar-refractivity contribution in [1.29, 1.82) is 0 Å². The molecule has 0 bridgehead atoms. The van der Waals surface area contributed by atoms with Gasteiger partial charge < -0.3 is 26.4 Å². The Labute approximate surface area is 151 Å². The highest BCUT2D eigenvalue weighted by molar-refractivity contribution is 7.98. The van der Waals surface area contributed by atoms with Gasteiger partial charge >= 0.3 is 5.97 Å². The third-order valence-electron chi connectivity index (χ3n) is 3.95. The summed E-state index contributed by atoms with van der Waals surface area (Å²) in [7, 11) is 0. The number of carboxylic acids is 1. The van der Waals surface area contributed by atoms with Crippen molar-refractivity contribution in [3.8, 4) is 0 Å². The number of rotatable bonds is 9. The number of aliphatic carboxylic acids is 1. The van der Waals surface area contributed by atoms with E-state index in [0.717, 1.165) is 5.75 Å². The average molecular weight is 374 g/mol. The molecule has 9 nitrogen and oxygen atoms in total. The third-order valence-corrected chi connectivity index (χ3v) is 4.60. The number of nitrogens with zero attached hydrogens (tertiary/aromatic N) is 1. The van der Waals surface area contributed by atoms with E-state index in [2.05, 4.69) is 10.6 Å². The molecule has 1 aliphatic rings. The first-order valence-electron chi connectivity index (χ1n) is 8.12. The van der Waals surface area contributed by atoms with Crippen LogP contribution in [0.1, 0.15) is 26.2 Å². The summed E-state index contributed by atoms with van der Waals surface area (Å²) in [5, 5.41) is 13.5. The fraction of sp³-hybridized carbons (Fsp3) is 0.733. The third kappa shape index (κ3) is 6.54. The predicted octanol–water partition coefficient (Wildman–Crippen LogP) is -1.24. The summed E-state index contributed by atoms with van der Waals surface area (Å²) in [6.07, 6.45) is 3.54. The van der Waals surface area contributed by atoms with E-state index in [1.54, 1.807) is 18.7 Å². The highest BCUT2D eigenvalue weighted by atomic mass is 32.2. The molecule has 0 aromatic carbocycles. The van der Waals surface area contributed by atoms with Crippen LogP contribution in [0.25, 0.3) is 0 Å². The van der Waals surface area contributed by atoms with Gasteiger partial charge in [0.05, 0.1) is 6.04 Å². The first kappa shape index (κ1) is 21.2. The highest BCUT2D eigenvalue weighted by Gasteiger charge is 2.36. The summed E-state index contributed by atoms with van der Waals surface area (Å²) < 4.78 is 0. The van der Waals surface area contributed by atoms with Crippen LogP contribution < -0.4 is 16.4 Å². The first-order valence-corrected chi connectivity index (χ1v) is 9.52. The van der Waals surface area contributed by atoms with Crippen LogP contribution in [-0.4, -0.2) is 76.9 Å². The van der Waals surface area contributed by atoms with Gasteiger partial charge in [0.1, 0.15) is 18.6 Å². The zero-order chi connectivity index (χ0) is 19.0. The van der Waals surface area contributed by atoms with Crippen LogP contribution in [0.5, 0.6) is 0 Å². The largest absolute Gasteiger partial charge is 0.480 e. The molecule has 0 spiro atoms. The molecule has 25 heavy (non-hydrogen) atoms. The van der Waals surface area contributed by atoms with Crippen molar-refractivity contribution in [3.05, 3.63) is 0 Å². The van der Waals surface area contributed by atoms with Crippen LogP contribution in [0, 0.1) is 0 Å². The molecule has 0 aliphatic carbocycles. The molecule has 0 aromatic heterocycles. The van der Waals surface area contributed by atoms with E-state index in [1.165, 1.54) is 4.90 Å². The summed E-state index contributed by atoms with van der Waals surface area (Å²) in [5.74, 6) is -1.68. The Morgan fingerprint density at radius 1 is 1.36 bits per heavy atom. The number of thioether (sulfide) groups is 1. The van der Waals surface area contributed by atoms with Crippen molar-refractivity contribution >= 4 is 35.5 Å². The van der Waals surface area contributed by atoms with Crippen LogP contribution >= 0.6 is 11.8 Å². The number of likely N-dealkylation sites (tertiary alicyclic amines) is 1. The second-order valence-electron chi connectivity index (χ2n) is 5.92. The molecule has 3 unspecified atom stereocenters. The van der Waals surface area contributed by atoms with E-state index >= 15 is 0 Å². The molecular weight excluding hydrogens is 348 g/mol. The molecule has 0 aromatic rings. The molecule has 3 amide bonds. The summed E-state index contributed by atoms with van der Waals surface area (Å²) in [4.78, 5) is 48.5. The zero-order valence-corrected chi connectivity index (χ0v) is 15.3. The normalized spacial score (nSPS) is 19.2. The molecule has 142 valence electrons. The monoisotopic (exact) mass is 374 g/mol. The minimum atomic E-state index is -1.15. The summed E-state index contributed by atoms with van der Waals surface area (Å²) in [6, 6.07) is -2.20. The molecule has 0 radical (unpaired) electrons. The van der Waals surface area contributed by atoms with Gasteiger partial charge in [-0.15, -0.1) is 0 Å². The Bertz CT molecular complexity index is 516. The van der Waals surface area contributed by atoms with Gasteiger partial charge in [0.15, 0.2) is 0 Å². The SMILES string of the molecule is CSCCC(N)C(=O)NC(C)C(=O)N1CCCC1C(=O)NCC(=O)O. The summed E-state index contributed by atoms with van der Waals surface area (Å²) >= 11 is 1.58. The number of hydrogen-bond acceptors (Lipinski definition) is 6. The van der Waals surface area contributed by atoms with Gasteiger partial charge in [-0.2, -0.15) is 11.8 Å². The minimum absolute atomic E-state index is 0.376. The molecule has 3 atom stereocenters. The number of carbonyl (C=O) groups is 4. The topological polar surface area (TPSA) is 142 Å². The van der Waals surface area contributed by atoms with Crippen LogP contribution in [0.3, 0.4) is 0 Å². The Kier molecular flexibility index (Phi) is 8.70. The second kappa shape index (κ2) is 10.2. The van der Waals surface area contributed by atoms with Gasteiger partial charge in [0.2, 0.25) is 17.7 Å². The minimum Gasteiger partial charge on any atom is -0.480 e. The lowest BCUT2D eigenvalue weighted by Gasteiger charge is -2.27. The Morgan fingerprint density at radius 2 is 2.04 bits per heavy atom. The molecule has 1 aliphatic heterocycles. The van der Waals surface area contributed by atoms with Crippen molar-refractivity contribution in [3.63, 3.8) is 0 Å². The fourth-order valence-corrected chi connectivity index (χ4v) is 3.08. The van der Waals surface area contributed by atoms with Crippen molar-refractivity contribution in [1.82, 2.24) is 15.5 Å². The Morgan fingerprint density at radius 3 is 2.64 bits per heavy atom. The van der Waals surface area contributed by atoms with E-state index < -0.39 is 42.5 Å². The average Bonchev–Trinajstić information content (AvgIpc) is 3.06. The molecule has 5 N–H and O–H groups in total. The van der Waals surface area contributed by atoms with Crippen molar-refractivity contribution in [2.75, 3.05) is 25.1 Å². The lowest BCUT2D eigenvalue weighted by atomic mass is 10.1. The van der Waals surface area contributed by atoms with Crippen molar-refractivity contribution in [2.45, 2.75) is 44.3 Å². The number of hydrogen-bond donors (Lipinski definition) is 4. The summed E-state index contributed by atoms with van der Waals surface area (Å²) in [6.45, 7) is 1.45. The maximum absolute atomic E-state index is 12.5. The maximum atomic E-state index is 12.5. The lowest BCUT2D eigenvalue weighted by Crippen LogP contribution is -2.54. The highest BCUT2D eigenvalue weighted by Crippen LogP contribution is 2.18. The van der Waals surface area contributed by atoms with Gasteiger partial charge in [-0.1, -0.05) is 0 Å². The first-order chi connectivity index (χ1) is 11.8. The molecule has 1 rings (SSSR count). The van der Waals surface area contributed by atoms with Gasteiger partial charge in [0, 0.05) is 6.54 Å². The van der Waals surface area contributed by atoms with E-state index in [-0.39, 0.29) is 5.91 Å². The fourth-order valence-electron chi connectivity index (χ4n) is 2.59. The lowest BCUT2D eigenvalue weighted by molar-refractivity contribution is -0.142. The van der Waals surface area contributed by atoms with E-state index in [0.29, 0.717) is 25.8 Å². The van der Waals surface area contributed by atoms with Crippen LogP contribution in [-0.2, 0) is 19.2 Å².